The Bertz CT molecular complexity index is 2740. The Labute approximate surface area is 408 Å². The summed E-state index contributed by atoms with van der Waals surface area (Å²) in [5.41, 5.74) is 0.846. The highest BCUT2D eigenvalue weighted by molar-refractivity contribution is 8.00. The lowest BCUT2D eigenvalue weighted by Gasteiger charge is -2.26. The van der Waals surface area contributed by atoms with Gasteiger partial charge < -0.3 is 38.7 Å². The Morgan fingerprint density at radius 3 is 2.29 bits per heavy atom. The molecule has 1 amide bonds. The van der Waals surface area contributed by atoms with Crippen LogP contribution in [0.3, 0.4) is 0 Å². The van der Waals surface area contributed by atoms with Gasteiger partial charge in [0, 0.05) is 39.7 Å². The van der Waals surface area contributed by atoms with Crippen LogP contribution in [0.4, 0.5) is 22.2 Å². The molecule has 0 aliphatic rings. The summed E-state index contributed by atoms with van der Waals surface area (Å²) < 4.78 is 85.8. The summed E-state index contributed by atoms with van der Waals surface area (Å²) in [4.78, 5) is 54.8. The van der Waals surface area contributed by atoms with Crippen molar-refractivity contribution in [1.82, 2.24) is 9.36 Å². The van der Waals surface area contributed by atoms with Crippen LogP contribution in [0.25, 0.3) is 11.4 Å². The maximum Gasteiger partial charge on any atom is 0.333 e. The van der Waals surface area contributed by atoms with E-state index in [1.807, 2.05) is 20.8 Å². The minimum Gasteiger partial charge on any atom is -0.488 e. The quantitative estimate of drug-likeness (QED) is 0.0146. The first-order valence-electron chi connectivity index (χ1n) is 20.7. The predicted octanol–water partition coefficient (Wildman–Crippen LogP) is 7.03. The average molecular weight is 1030 g/mol. The number of benzene rings is 3. The molecule has 0 bridgehead atoms. The lowest BCUT2D eigenvalue weighted by molar-refractivity contribution is -0.153. The molecule has 25 heteroatoms. The SMILES string of the molecule is C=C(C)C(=O)OCC(O)COC(=O)CSCC(C)(C)C(=O)OCCOc1c(NC(=O)COc2ccc(CS(=N)(=O)O)cc2)cc(/N=N/c2nc(-c3cccc(NS(C)(=O)=O)c3)ns2)cc1C(C)(C)C. The zero-order chi connectivity index (χ0) is 51.2. The van der Waals surface area contributed by atoms with Crippen molar-refractivity contribution < 1.29 is 65.1 Å². The number of rotatable bonds is 25. The van der Waals surface area contributed by atoms with E-state index in [-0.39, 0.29) is 70.8 Å². The fourth-order valence-corrected chi connectivity index (χ4v) is 8.32. The third-order valence-corrected chi connectivity index (χ3v) is 12.2. The predicted molar refractivity (Wildman–Crippen MR) is 261 cm³/mol. The fourth-order valence-electron chi connectivity index (χ4n) is 5.63. The number of esters is 3. The van der Waals surface area contributed by atoms with Crippen LogP contribution in [-0.2, 0) is 64.6 Å². The van der Waals surface area contributed by atoms with Crippen LogP contribution >= 0.6 is 23.3 Å². The van der Waals surface area contributed by atoms with Gasteiger partial charge in [-0.05, 0) is 68.1 Å². The Balaban J connectivity index is 1.47. The van der Waals surface area contributed by atoms with Gasteiger partial charge >= 0.3 is 17.9 Å². The highest BCUT2D eigenvalue weighted by atomic mass is 32.2. The molecule has 0 radical (unpaired) electrons. The second-order valence-corrected chi connectivity index (χ2v) is 22.1. The van der Waals surface area contributed by atoms with Crippen molar-refractivity contribution in [3.8, 4) is 22.9 Å². The summed E-state index contributed by atoms with van der Waals surface area (Å²) in [5.74, 6) is -2.00. The first-order chi connectivity index (χ1) is 32.2. The molecule has 0 saturated heterocycles. The molecule has 0 aliphatic carbocycles. The maximum atomic E-state index is 13.4. The smallest absolute Gasteiger partial charge is 0.333 e. The van der Waals surface area contributed by atoms with Gasteiger partial charge in [0.2, 0.25) is 15.2 Å². The largest absolute Gasteiger partial charge is 0.488 e. The molecule has 3 aromatic carbocycles. The number of amides is 1. The highest BCUT2D eigenvalue weighted by Crippen LogP contribution is 2.41. The molecule has 0 saturated carbocycles. The number of thioether (sulfide) groups is 1. The summed E-state index contributed by atoms with van der Waals surface area (Å²) >= 11 is 2.08. The fraction of sp³-hybridized carbons (Fsp3) is 0.409. The van der Waals surface area contributed by atoms with Crippen LogP contribution in [0.2, 0.25) is 0 Å². The summed E-state index contributed by atoms with van der Waals surface area (Å²) in [6.07, 6.45) is -0.184. The molecule has 0 fully saturated rings. The van der Waals surface area contributed by atoms with E-state index in [1.165, 1.54) is 37.3 Å². The molecule has 5 N–H and O–H groups in total. The normalized spacial score (nSPS) is 13.2. The second-order valence-electron chi connectivity index (χ2n) is 17.0. The average Bonchev–Trinajstić information content (AvgIpc) is 3.73. The number of nitrogens with one attached hydrogen (secondary N) is 3. The van der Waals surface area contributed by atoms with Crippen molar-refractivity contribution in [3.05, 3.63) is 83.9 Å². The van der Waals surface area contributed by atoms with Crippen LogP contribution in [0.15, 0.2) is 83.0 Å². The number of carbonyl (C=O) groups excluding carboxylic acids is 4. The van der Waals surface area contributed by atoms with Gasteiger partial charge in [-0.25, -0.2) is 22.2 Å². The third-order valence-electron chi connectivity index (χ3n) is 8.89. The number of ether oxygens (including phenoxy) is 5. The van der Waals surface area contributed by atoms with Gasteiger partial charge in [0.15, 0.2) is 22.4 Å². The van der Waals surface area contributed by atoms with Crippen molar-refractivity contribution in [1.29, 1.82) is 4.78 Å². The molecule has 1 aromatic heterocycles. The minimum absolute atomic E-state index is 0.126. The summed E-state index contributed by atoms with van der Waals surface area (Å²) in [5, 5.41) is 21.6. The van der Waals surface area contributed by atoms with Crippen LogP contribution in [0.1, 0.15) is 52.7 Å². The van der Waals surface area contributed by atoms with E-state index in [1.54, 1.807) is 44.2 Å². The number of nitrogens with zero attached hydrogens (tertiary/aromatic N) is 4. The number of carbonyl (C=O) groups is 4. The van der Waals surface area contributed by atoms with Crippen LogP contribution in [0, 0.1) is 10.2 Å². The highest BCUT2D eigenvalue weighted by Gasteiger charge is 2.30. The summed E-state index contributed by atoms with van der Waals surface area (Å²) in [7, 11) is -7.28. The molecule has 0 aliphatic heterocycles. The van der Waals surface area contributed by atoms with Gasteiger partial charge in [0.25, 0.3) is 5.91 Å². The number of hydrogen-bond donors (Lipinski definition) is 5. The molecule has 2 unspecified atom stereocenters. The third kappa shape index (κ3) is 19.5. The minimum atomic E-state index is -3.76. The molecule has 21 nitrogen and oxygen atoms in total. The van der Waals surface area contributed by atoms with Gasteiger partial charge in [-0.2, -0.15) is 9.36 Å². The van der Waals surface area contributed by atoms with Gasteiger partial charge in [-0.3, -0.25) is 19.1 Å². The van der Waals surface area contributed by atoms with Crippen molar-refractivity contribution in [2.45, 2.75) is 58.8 Å². The van der Waals surface area contributed by atoms with E-state index in [4.69, 9.17) is 28.5 Å². The zero-order valence-corrected chi connectivity index (χ0v) is 42.2. The molecular weight excluding hydrogens is 979 g/mol. The van der Waals surface area contributed by atoms with Gasteiger partial charge in [-0.15, -0.1) is 22.0 Å². The van der Waals surface area contributed by atoms with Crippen LogP contribution < -0.4 is 19.5 Å². The summed E-state index contributed by atoms with van der Waals surface area (Å²) in [6, 6.07) is 15.8. The van der Waals surface area contributed by atoms with Crippen LogP contribution in [-0.4, -0.2) is 112 Å². The number of aliphatic hydroxyl groups excluding tert-OH is 1. The van der Waals surface area contributed by atoms with Crippen molar-refractivity contribution in [2.75, 3.05) is 60.8 Å². The van der Waals surface area contributed by atoms with E-state index < -0.39 is 74.0 Å². The van der Waals surface area contributed by atoms with E-state index in [0.29, 0.717) is 28.1 Å². The standard InChI is InChI=1S/C44H55N7O14S4/c1-27(2)40(55)65-22-32(52)21-64-37(54)24-66-26-44(6,7)41(56)62-17-16-61-38-34(43(3,4)5)19-31(20-35(38)46-36(53)23-63-33-14-12-28(13-15-33)25-69(45,59)60)48-49-42-47-39(50-67-42)29-10-9-11-30(18-29)51-68(8,57)58/h9-15,18-20,32,51-52H,1,16-17,21-26H2,2-8H3,(H,46,53)(H2,45,59,60)/b49-48+. The number of aliphatic hydroxyl groups is 1. The number of aromatic nitrogens is 2. The topological polar surface area (TPSA) is 305 Å². The molecule has 1 heterocycles. The Morgan fingerprint density at radius 1 is 0.942 bits per heavy atom. The van der Waals surface area contributed by atoms with E-state index in [2.05, 4.69) is 36.2 Å². The lowest BCUT2D eigenvalue weighted by Crippen LogP contribution is -2.31. The lowest BCUT2D eigenvalue weighted by atomic mass is 9.85. The number of sulfonamides is 1. The van der Waals surface area contributed by atoms with Crippen molar-refractivity contribution in [3.63, 3.8) is 0 Å². The van der Waals surface area contributed by atoms with Crippen LogP contribution in [0.5, 0.6) is 11.5 Å². The first kappa shape index (κ1) is 55.6. The van der Waals surface area contributed by atoms with Gasteiger partial charge in [0.1, 0.15) is 44.0 Å². The zero-order valence-electron chi connectivity index (χ0n) is 38.9. The van der Waals surface area contributed by atoms with Gasteiger partial charge in [0.05, 0.1) is 34.6 Å². The maximum absolute atomic E-state index is 13.4. The Hall–Kier alpha value is -5.99. The molecule has 4 aromatic rings. The van der Waals surface area contributed by atoms with E-state index in [0.717, 1.165) is 29.6 Å². The van der Waals surface area contributed by atoms with Gasteiger partial charge in [-0.1, -0.05) is 51.6 Å². The Morgan fingerprint density at radius 2 is 1.64 bits per heavy atom. The first-order valence-corrected chi connectivity index (χ1v) is 26.2. The van der Waals surface area contributed by atoms with Crippen molar-refractivity contribution >= 4 is 89.3 Å². The molecule has 374 valence electrons. The number of hydrogen-bond acceptors (Lipinski definition) is 20. The number of azo groups is 1. The van der Waals surface area contributed by atoms with E-state index >= 15 is 0 Å². The summed E-state index contributed by atoms with van der Waals surface area (Å²) in [6.45, 7) is 12.4. The van der Waals surface area contributed by atoms with Crippen molar-refractivity contribution in [2.24, 2.45) is 15.6 Å². The Kier molecular flexibility index (Phi) is 19.8. The second kappa shape index (κ2) is 24.5. The molecule has 69 heavy (non-hydrogen) atoms. The molecular formula is C44H55N7O14S4. The number of anilines is 2. The molecule has 4 rings (SSSR count). The van der Waals surface area contributed by atoms with E-state index in [9.17, 15) is 41.5 Å². The monoisotopic (exact) mass is 1030 g/mol. The molecule has 0 spiro atoms. The molecule has 2 atom stereocenters.